The Balaban J connectivity index is 1.87. The molecular formula is C27H32N4O3. The summed E-state index contributed by atoms with van der Waals surface area (Å²) in [5, 5.41) is 6.60. The first-order chi connectivity index (χ1) is 16.6. The fourth-order valence-corrected chi connectivity index (χ4v) is 4.26. The Morgan fingerprint density at radius 2 is 1.68 bits per heavy atom. The van der Waals surface area contributed by atoms with Crippen LogP contribution in [0.5, 0.6) is 17.2 Å². The summed E-state index contributed by atoms with van der Waals surface area (Å²) in [6.07, 6.45) is 4.53. The lowest BCUT2D eigenvalue weighted by Gasteiger charge is -2.16. The Hall–Kier alpha value is -3.58. The highest BCUT2D eigenvalue weighted by molar-refractivity contribution is 5.91. The molecule has 4 aromatic rings. The third kappa shape index (κ3) is 4.70. The van der Waals surface area contributed by atoms with Crippen LogP contribution < -0.4 is 25.3 Å². The number of nitrogens with one attached hydrogen (secondary N) is 1. The zero-order valence-electron chi connectivity index (χ0n) is 20.3. The first-order valence-corrected chi connectivity index (χ1v) is 11.6. The van der Waals surface area contributed by atoms with E-state index in [2.05, 4.69) is 24.4 Å². The molecule has 7 heteroatoms. The van der Waals surface area contributed by atoms with E-state index in [1.165, 1.54) is 0 Å². The second-order valence-corrected chi connectivity index (χ2v) is 8.18. The van der Waals surface area contributed by atoms with E-state index in [1.807, 2.05) is 30.5 Å². The van der Waals surface area contributed by atoms with Crippen LogP contribution >= 0.6 is 0 Å². The number of hydrogen-bond donors (Lipinski definition) is 2. The lowest BCUT2D eigenvalue weighted by Crippen LogP contribution is -2.15. The molecule has 3 N–H and O–H groups in total. The van der Waals surface area contributed by atoms with Gasteiger partial charge in [0, 0.05) is 42.2 Å². The van der Waals surface area contributed by atoms with E-state index in [-0.39, 0.29) is 0 Å². The molecule has 4 rings (SSSR count). The largest absolute Gasteiger partial charge is 0.497 e. The first kappa shape index (κ1) is 23.6. The second kappa shape index (κ2) is 10.6. The first-order valence-electron chi connectivity index (χ1n) is 11.6. The number of rotatable bonds is 10. The summed E-state index contributed by atoms with van der Waals surface area (Å²) < 4.78 is 16.6. The number of nitrogens with two attached hydrogens (primary N) is 1. The molecule has 2 aromatic carbocycles. The van der Waals surface area contributed by atoms with Gasteiger partial charge in [0.25, 0.3) is 0 Å². The van der Waals surface area contributed by atoms with Crippen molar-refractivity contribution in [3.8, 4) is 17.2 Å². The van der Waals surface area contributed by atoms with Crippen LogP contribution in [-0.2, 0) is 12.8 Å². The van der Waals surface area contributed by atoms with E-state index in [4.69, 9.17) is 29.9 Å². The number of fused-ring (bicyclic) bond motifs is 2. The number of aryl methyl sites for hydroxylation is 1. The molecule has 0 aliphatic carbocycles. The van der Waals surface area contributed by atoms with Crippen molar-refractivity contribution in [1.29, 1.82) is 0 Å². The highest BCUT2D eigenvalue weighted by Crippen LogP contribution is 2.36. The fourth-order valence-electron chi connectivity index (χ4n) is 4.26. The molecule has 0 amide bonds. The number of aromatic nitrogens is 2. The van der Waals surface area contributed by atoms with E-state index in [9.17, 15) is 0 Å². The normalized spacial score (nSPS) is 11.1. The predicted octanol–water partition coefficient (Wildman–Crippen LogP) is 4.72. The van der Waals surface area contributed by atoms with E-state index in [0.29, 0.717) is 31.0 Å². The van der Waals surface area contributed by atoms with Crippen LogP contribution in [0.1, 0.15) is 30.2 Å². The van der Waals surface area contributed by atoms with Crippen molar-refractivity contribution < 1.29 is 14.2 Å². The van der Waals surface area contributed by atoms with Crippen molar-refractivity contribution in [2.45, 2.75) is 26.2 Å². The van der Waals surface area contributed by atoms with Crippen molar-refractivity contribution in [1.82, 2.24) is 9.97 Å². The number of methoxy groups -OCH3 is 3. The maximum absolute atomic E-state index is 5.77. The highest BCUT2D eigenvalue weighted by Gasteiger charge is 2.16. The van der Waals surface area contributed by atoms with Gasteiger partial charge in [0.05, 0.1) is 26.8 Å². The summed E-state index contributed by atoms with van der Waals surface area (Å²) >= 11 is 0. The topological polar surface area (TPSA) is 91.5 Å². The Morgan fingerprint density at radius 1 is 0.912 bits per heavy atom. The third-order valence-corrected chi connectivity index (χ3v) is 5.96. The molecule has 0 saturated heterocycles. The molecule has 0 radical (unpaired) electrons. The molecule has 2 aromatic heterocycles. The molecule has 0 atom stereocenters. The lowest BCUT2D eigenvalue weighted by atomic mass is 9.97. The van der Waals surface area contributed by atoms with Gasteiger partial charge < -0.3 is 25.3 Å². The number of nitrogens with zero attached hydrogens (tertiary/aromatic N) is 2. The molecule has 178 valence electrons. The van der Waals surface area contributed by atoms with Crippen LogP contribution in [0, 0.1) is 0 Å². The van der Waals surface area contributed by atoms with Crippen molar-refractivity contribution in [3.05, 3.63) is 59.4 Å². The zero-order chi connectivity index (χ0) is 24.1. The molecular weight excluding hydrogens is 428 g/mol. The van der Waals surface area contributed by atoms with Crippen molar-refractivity contribution in [2.75, 3.05) is 39.7 Å². The van der Waals surface area contributed by atoms with Crippen molar-refractivity contribution in [2.24, 2.45) is 5.73 Å². The molecule has 0 saturated carbocycles. The summed E-state index contributed by atoms with van der Waals surface area (Å²) in [5.41, 5.74) is 9.88. The predicted molar refractivity (Wildman–Crippen MR) is 137 cm³/mol. The average Bonchev–Trinajstić information content (AvgIpc) is 2.87. The number of benzene rings is 2. The van der Waals surface area contributed by atoms with Gasteiger partial charge in [0.2, 0.25) is 0 Å². The average molecular weight is 461 g/mol. The minimum Gasteiger partial charge on any atom is -0.497 e. The maximum atomic E-state index is 5.77. The van der Waals surface area contributed by atoms with Crippen LogP contribution in [0.3, 0.4) is 0 Å². The SMILES string of the molecule is CCCc1ncc(Cc2cc3cc(OC)ccc3nc2NCCN)c2cc(OC)c(OC)cc12. The van der Waals surface area contributed by atoms with Crippen LogP contribution in [0.4, 0.5) is 5.82 Å². The van der Waals surface area contributed by atoms with Gasteiger partial charge >= 0.3 is 0 Å². The van der Waals surface area contributed by atoms with Gasteiger partial charge in [0.15, 0.2) is 11.5 Å². The minimum atomic E-state index is 0.523. The molecule has 0 unspecified atom stereocenters. The highest BCUT2D eigenvalue weighted by atomic mass is 16.5. The molecule has 2 heterocycles. The van der Waals surface area contributed by atoms with Gasteiger partial charge in [-0.05, 0) is 59.3 Å². The molecule has 0 aliphatic rings. The summed E-state index contributed by atoms with van der Waals surface area (Å²) in [5.74, 6) is 3.04. The molecule has 0 aliphatic heterocycles. The van der Waals surface area contributed by atoms with E-state index in [1.54, 1.807) is 21.3 Å². The Kier molecular flexibility index (Phi) is 7.33. The van der Waals surface area contributed by atoms with Gasteiger partial charge in [-0.3, -0.25) is 4.98 Å². The van der Waals surface area contributed by atoms with Gasteiger partial charge in [0.1, 0.15) is 11.6 Å². The van der Waals surface area contributed by atoms with E-state index in [0.717, 1.165) is 62.9 Å². The minimum absolute atomic E-state index is 0.523. The Labute approximate surface area is 200 Å². The van der Waals surface area contributed by atoms with Crippen LogP contribution in [-0.4, -0.2) is 44.4 Å². The second-order valence-electron chi connectivity index (χ2n) is 8.18. The third-order valence-electron chi connectivity index (χ3n) is 5.96. The van der Waals surface area contributed by atoms with Crippen molar-refractivity contribution >= 4 is 27.5 Å². The number of ether oxygens (including phenoxy) is 3. The van der Waals surface area contributed by atoms with E-state index >= 15 is 0 Å². The summed E-state index contributed by atoms with van der Waals surface area (Å²) in [4.78, 5) is 9.71. The number of anilines is 1. The summed E-state index contributed by atoms with van der Waals surface area (Å²) in [7, 11) is 4.99. The number of pyridine rings is 2. The summed E-state index contributed by atoms with van der Waals surface area (Å²) in [6.45, 7) is 3.32. The van der Waals surface area contributed by atoms with Crippen LogP contribution in [0.2, 0.25) is 0 Å². The van der Waals surface area contributed by atoms with Gasteiger partial charge in [-0.15, -0.1) is 0 Å². The fraction of sp³-hybridized carbons (Fsp3) is 0.333. The molecule has 7 nitrogen and oxygen atoms in total. The standard InChI is InChI=1S/C27H32N4O3/c1-5-6-24-22-15-26(34-4)25(33-3)14-21(22)19(16-30-24)12-18-11-17-13-20(32-2)7-8-23(17)31-27(18)29-10-9-28/h7-8,11,13-16H,5-6,9-10,12,28H2,1-4H3,(H,29,31). The van der Waals surface area contributed by atoms with Gasteiger partial charge in [-0.2, -0.15) is 0 Å². The molecule has 0 spiro atoms. The monoisotopic (exact) mass is 460 g/mol. The maximum Gasteiger partial charge on any atom is 0.161 e. The Bertz CT molecular complexity index is 1310. The molecule has 0 bridgehead atoms. The van der Waals surface area contributed by atoms with Crippen molar-refractivity contribution in [3.63, 3.8) is 0 Å². The zero-order valence-corrected chi connectivity index (χ0v) is 20.3. The lowest BCUT2D eigenvalue weighted by molar-refractivity contribution is 0.356. The van der Waals surface area contributed by atoms with Crippen LogP contribution in [0.25, 0.3) is 21.7 Å². The van der Waals surface area contributed by atoms with E-state index < -0.39 is 0 Å². The quantitative estimate of drug-likeness (QED) is 0.354. The summed E-state index contributed by atoms with van der Waals surface area (Å²) in [6, 6.07) is 12.1. The van der Waals surface area contributed by atoms with Crippen LogP contribution in [0.15, 0.2) is 42.6 Å². The number of hydrogen-bond acceptors (Lipinski definition) is 7. The van der Waals surface area contributed by atoms with Gasteiger partial charge in [-0.25, -0.2) is 4.98 Å². The Morgan fingerprint density at radius 3 is 2.35 bits per heavy atom. The van der Waals surface area contributed by atoms with Gasteiger partial charge in [-0.1, -0.05) is 13.3 Å². The molecule has 0 fully saturated rings. The smallest absolute Gasteiger partial charge is 0.161 e. The molecule has 34 heavy (non-hydrogen) atoms.